The number of rotatable bonds is 1. The fourth-order valence-corrected chi connectivity index (χ4v) is 1.11. The van der Waals surface area contributed by atoms with E-state index in [0.717, 1.165) is 12.3 Å². The smallest absolute Gasteiger partial charge is 0.315 e. The van der Waals surface area contributed by atoms with Crippen molar-refractivity contribution < 1.29 is 17.6 Å². The van der Waals surface area contributed by atoms with E-state index in [9.17, 15) is 17.6 Å². The molecule has 0 aromatic carbocycles. The summed E-state index contributed by atoms with van der Waals surface area (Å²) in [5.41, 5.74) is 3.98. The van der Waals surface area contributed by atoms with Crippen LogP contribution in [-0.4, -0.2) is 11.2 Å². The van der Waals surface area contributed by atoms with Gasteiger partial charge < -0.3 is 5.73 Å². The third-order valence-electron chi connectivity index (χ3n) is 1.48. The Morgan fingerprint density at radius 2 is 2.00 bits per heavy atom. The average Bonchev–Trinajstić information content (AvgIpc) is 2.01. The van der Waals surface area contributed by atoms with Crippen molar-refractivity contribution in [3.63, 3.8) is 0 Å². The first kappa shape index (κ1) is 11.4. The fraction of sp³-hybridized carbons (Fsp3) is 0.286. The van der Waals surface area contributed by atoms with Gasteiger partial charge in [0.05, 0.1) is 0 Å². The van der Waals surface area contributed by atoms with Crippen LogP contribution in [0.4, 0.5) is 17.6 Å². The molecule has 0 aliphatic carbocycles. The molecule has 2 N–H and O–H groups in total. The SMILES string of the molecule is N[C@H](c1ncc(Br)cc1F)C(F)(F)F. The number of hydrogen-bond donors (Lipinski definition) is 1. The first-order chi connectivity index (χ1) is 6.32. The van der Waals surface area contributed by atoms with E-state index >= 15 is 0 Å². The Bertz CT molecular complexity index is 339. The summed E-state index contributed by atoms with van der Waals surface area (Å²) in [6, 6.07) is -1.51. The van der Waals surface area contributed by atoms with Crippen molar-refractivity contribution >= 4 is 15.9 Å². The highest BCUT2D eigenvalue weighted by atomic mass is 79.9. The van der Waals surface area contributed by atoms with Crippen LogP contribution in [0, 0.1) is 5.82 Å². The molecule has 78 valence electrons. The maximum absolute atomic E-state index is 13.0. The molecule has 0 fully saturated rings. The minimum absolute atomic E-state index is 0.258. The van der Waals surface area contributed by atoms with Crippen molar-refractivity contribution in [1.82, 2.24) is 4.98 Å². The second kappa shape index (κ2) is 3.82. The summed E-state index contributed by atoms with van der Waals surface area (Å²) in [6.45, 7) is 0. The van der Waals surface area contributed by atoms with Crippen LogP contribution in [0.15, 0.2) is 16.7 Å². The van der Waals surface area contributed by atoms with E-state index in [4.69, 9.17) is 5.73 Å². The first-order valence-electron chi connectivity index (χ1n) is 3.45. The standard InChI is InChI=1S/C7H5BrF4N2/c8-3-1-4(9)5(14-2-3)6(13)7(10,11)12/h1-2,6H,13H2/t6-/m1/s1. The molecular formula is C7H5BrF4N2. The van der Waals surface area contributed by atoms with Crippen molar-refractivity contribution in [1.29, 1.82) is 0 Å². The van der Waals surface area contributed by atoms with Gasteiger partial charge in [-0.15, -0.1) is 0 Å². The van der Waals surface area contributed by atoms with Crippen LogP contribution in [0.25, 0.3) is 0 Å². The quantitative estimate of drug-likeness (QED) is 0.798. The van der Waals surface area contributed by atoms with E-state index in [-0.39, 0.29) is 4.47 Å². The Morgan fingerprint density at radius 3 is 2.43 bits per heavy atom. The number of alkyl halides is 3. The zero-order valence-electron chi connectivity index (χ0n) is 6.65. The number of nitrogens with two attached hydrogens (primary N) is 1. The van der Waals surface area contributed by atoms with Gasteiger partial charge >= 0.3 is 6.18 Å². The number of pyridine rings is 1. The van der Waals surface area contributed by atoms with Crippen LogP contribution < -0.4 is 5.73 Å². The number of halogens is 5. The molecule has 1 aromatic heterocycles. The molecule has 0 radical (unpaired) electrons. The maximum Gasteiger partial charge on any atom is 0.409 e. The minimum atomic E-state index is -4.69. The summed E-state index contributed by atoms with van der Waals surface area (Å²) in [4.78, 5) is 3.28. The zero-order chi connectivity index (χ0) is 10.9. The van der Waals surface area contributed by atoms with Crippen LogP contribution in [-0.2, 0) is 0 Å². The monoisotopic (exact) mass is 272 g/mol. The number of nitrogens with zero attached hydrogens (tertiary/aromatic N) is 1. The van der Waals surface area contributed by atoms with Gasteiger partial charge in [-0.3, -0.25) is 4.98 Å². The molecule has 0 amide bonds. The summed E-state index contributed by atoms with van der Waals surface area (Å²) in [5, 5.41) is 0. The molecule has 0 unspecified atom stereocenters. The van der Waals surface area contributed by atoms with Crippen LogP contribution in [0.1, 0.15) is 11.7 Å². The van der Waals surface area contributed by atoms with E-state index in [1.54, 1.807) is 0 Å². The van der Waals surface area contributed by atoms with Gasteiger partial charge in [-0.2, -0.15) is 13.2 Å². The molecular weight excluding hydrogens is 268 g/mol. The van der Waals surface area contributed by atoms with E-state index < -0.39 is 23.7 Å². The summed E-state index contributed by atoms with van der Waals surface area (Å²) in [5.74, 6) is -1.08. The number of aromatic nitrogens is 1. The van der Waals surface area contributed by atoms with E-state index in [1.807, 2.05) is 0 Å². The number of hydrogen-bond acceptors (Lipinski definition) is 2. The highest BCUT2D eigenvalue weighted by Gasteiger charge is 2.40. The molecule has 0 spiro atoms. The molecule has 0 saturated carbocycles. The highest BCUT2D eigenvalue weighted by molar-refractivity contribution is 9.10. The predicted molar refractivity (Wildman–Crippen MR) is 44.9 cm³/mol. The molecule has 7 heteroatoms. The molecule has 1 heterocycles. The Morgan fingerprint density at radius 1 is 1.43 bits per heavy atom. The largest absolute Gasteiger partial charge is 0.409 e. The highest BCUT2D eigenvalue weighted by Crippen LogP contribution is 2.31. The van der Waals surface area contributed by atoms with Gasteiger partial charge in [0.1, 0.15) is 17.6 Å². The van der Waals surface area contributed by atoms with Gasteiger partial charge in [-0.25, -0.2) is 4.39 Å². The lowest BCUT2D eigenvalue weighted by atomic mass is 10.2. The lowest BCUT2D eigenvalue weighted by molar-refractivity contribution is -0.150. The molecule has 2 nitrogen and oxygen atoms in total. The van der Waals surface area contributed by atoms with Gasteiger partial charge in [-0.05, 0) is 22.0 Å². The molecule has 1 rings (SSSR count). The lowest BCUT2D eigenvalue weighted by Gasteiger charge is -2.15. The summed E-state index contributed by atoms with van der Waals surface area (Å²) in [6.07, 6.45) is -3.63. The van der Waals surface area contributed by atoms with Gasteiger partial charge in [0.25, 0.3) is 0 Å². The van der Waals surface area contributed by atoms with Crippen molar-refractivity contribution in [3.05, 3.63) is 28.2 Å². The van der Waals surface area contributed by atoms with Gasteiger partial charge in [-0.1, -0.05) is 0 Å². The predicted octanol–water partition coefficient (Wildman–Crippen LogP) is 2.55. The van der Waals surface area contributed by atoms with E-state index in [0.29, 0.717) is 0 Å². The van der Waals surface area contributed by atoms with Crippen LogP contribution >= 0.6 is 15.9 Å². The third kappa shape index (κ3) is 2.42. The van der Waals surface area contributed by atoms with E-state index in [2.05, 4.69) is 20.9 Å². The second-order valence-electron chi connectivity index (χ2n) is 2.54. The zero-order valence-corrected chi connectivity index (χ0v) is 8.23. The lowest BCUT2D eigenvalue weighted by Crippen LogP contribution is -2.30. The average molecular weight is 273 g/mol. The molecule has 0 aliphatic rings. The second-order valence-corrected chi connectivity index (χ2v) is 3.46. The van der Waals surface area contributed by atoms with Crippen LogP contribution in [0.3, 0.4) is 0 Å². The fourth-order valence-electron chi connectivity index (χ4n) is 0.809. The summed E-state index contributed by atoms with van der Waals surface area (Å²) < 4.78 is 49.4. The van der Waals surface area contributed by atoms with E-state index in [1.165, 1.54) is 0 Å². The molecule has 0 bridgehead atoms. The van der Waals surface area contributed by atoms with Crippen molar-refractivity contribution in [2.24, 2.45) is 5.73 Å². The van der Waals surface area contributed by atoms with Gasteiger partial charge in [0.15, 0.2) is 0 Å². The molecule has 0 aliphatic heterocycles. The summed E-state index contributed by atoms with van der Waals surface area (Å²) >= 11 is 2.87. The Balaban J connectivity index is 3.08. The van der Waals surface area contributed by atoms with Crippen LogP contribution in [0.2, 0.25) is 0 Å². The van der Waals surface area contributed by atoms with Crippen LogP contribution in [0.5, 0.6) is 0 Å². The minimum Gasteiger partial charge on any atom is -0.315 e. The Kier molecular flexibility index (Phi) is 3.10. The van der Waals surface area contributed by atoms with Gasteiger partial charge in [0.2, 0.25) is 0 Å². The maximum atomic E-state index is 13.0. The molecule has 14 heavy (non-hydrogen) atoms. The van der Waals surface area contributed by atoms with Crippen molar-refractivity contribution in [2.45, 2.75) is 12.2 Å². The van der Waals surface area contributed by atoms with Crippen molar-refractivity contribution in [3.8, 4) is 0 Å². The summed E-state index contributed by atoms with van der Waals surface area (Å²) in [7, 11) is 0. The Labute approximate surface area is 85.3 Å². The molecule has 0 saturated heterocycles. The molecule has 1 atom stereocenters. The topological polar surface area (TPSA) is 38.9 Å². The molecule has 1 aromatic rings. The third-order valence-corrected chi connectivity index (χ3v) is 1.92. The van der Waals surface area contributed by atoms with Crippen molar-refractivity contribution in [2.75, 3.05) is 0 Å². The van der Waals surface area contributed by atoms with Gasteiger partial charge in [0, 0.05) is 10.7 Å². The first-order valence-corrected chi connectivity index (χ1v) is 4.25. The normalized spacial score (nSPS) is 14.1. The Hall–Kier alpha value is -0.690.